The molecule has 0 spiro atoms. The van der Waals surface area contributed by atoms with Gasteiger partial charge in [0.2, 0.25) is 5.95 Å². The van der Waals surface area contributed by atoms with Crippen LogP contribution in [0.4, 0.5) is 11.6 Å². The Balaban J connectivity index is 1.01. The summed E-state index contributed by atoms with van der Waals surface area (Å²) in [5, 5.41) is 3.65. The molecule has 0 fully saturated rings. The third-order valence-corrected chi connectivity index (χ3v) is 12.9. The minimum absolute atomic E-state index is 0.00568. The minimum atomic E-state index is 0.00568. The summed E-state index contributed by atoms with van der Waals surface area (Å²) in [6.45, 7) is 0. The van der Waals surface area contributed by atoms with Gasteiger partial charge in [0, 0.05) is 43.7 Å². The number of benzene rings is 7. The highest BCUT2D eigenvalue weighted by Gasteiger charge is 2.40. The standard InChI is InChI=1S/C52H34N4S/c1-3-14-33(15-4-1)35-18-13-19-38(30-35)55-44-23-10-8-21-40(44)43-31-36(27-29-46(43)55)37-26-28-41-39-20-7-11-24-45(39)56(47(41)32-37)52-53-49(34-16-5-2-6-17-34)51-50(54-52)42-22-9-12-25-48(42)57-51/h1-32,41,47H. The zero-order valence-corrected chi connectivity index (χ0v) is 31.6. The Morgan fingerprint density at radius 3 is 2.12 bits per heavy atom. The molecule has 2 aliphatic rings. The lowest BCUT2D eigenvalue weighted by Gasteiger charge is -2.28. The highest BCUT2D eigenvalue weighted by molar-refractivity contribution is 7.26. The number of hydrogen-bond acceptors (Lipinski definition) is 4. The van der Waals surface area contributed by atoms with E-state index in [9.17, 15) is 0 Å². The molecule has 268 valence electrons. The number of fused-ring (bicyclic) bond motifs is 9. The van der Waals surface area contributed by atoms with Crippen LogP contribution in [-0.4, -0.2) is 20.6 Å². The van der Waals surface area contributed by atoms with Gasteiger partial charge in [0.1, 0.15) is 0 Å². The van der Waals surface area contributed by atoms with Crippen LogP contribution in [-0.2, 0) is 0 Å². The molecule has 1 aliphatic heterocycles. The number of allylic oxidation sites excluding steroid dienone is 2. The van der Waals surface area contributed by atoms with Crippen LogP contribution >= 0.6 is 11.3 Å². The molecule has 0 saturated carbocycles. The lowest BCUT2D eigenvalue weighted by atomic mass is 9.86. The molecule has 2 unspecified atom stereocenters. The van der Waals surface area contributed by atoms with Gasteiger partial charge in [0.25, 0.3) is 0 Å². The van der Waals surface area contributed by atoms with Crippen molar-refractivity contribution in [3.8, 4) is 28.1 Å². The van der Waals surface area contributed by atoms with Crippen LogP contribution in [0.5, 0.6) is 0 Å². The first kappa shape index (κ1) is 32.2. The van der Waals surface area contributed by atoms with Crippen molar-refractivity contribution in [3.05, 3.63) is 205 Å². The molecule has 4 nitrogen and oxygen atoms in total. The van der Waals surface area contributed by atoms with Crippen LogP contribution in [0.2, 0.25) is 0 Å². The van der Waals surface area contributed by atoms with E-state index in [-0.39, 0.29) is 12.0 Å². The SMILES string of the molecule is C1=CC2c3ccccc3N(c3nc(-c4ccccc4)c4sc5ccccc5c4n3)C2C=C1c1ccc2c(c1)c1ccccc1n2-c1cccc(-c2ccccc2)c1. The fourth-order valence-corrected chi connectivity index (χ4v) is 10.3. The van der Waals surface area contributed by atoms with Crippen molar-refractivity contribution in [2.24, 2.45) is 0 Å². The molecule has 2 atom stereocenters. The van der Waals surface area contributed by atoms with E-state index in [2.05, 4.69) is 204 Å². The van der Waals surface area contributed by atoms with Crippen molar-refractivity contribution < 1.29 is 0 Å². The van der Waals surface area contributed by atoms with Crippen LogP contribution in [0.3, 0.4) is 0 Å². The monoisotopic (exact) mass is 746 g/mol. The molecular weight excluding hydrogens is 713 g/mol. The van der Waals surface area contributed by atoms with E-state index in [0.717, 1.165) is 38.8 Å². The van der Waals surface area contributed by atoms with Gasteiger partial charge in [-0.05, 0) is 70.3 Å². The predicted molar refractivity (Wildman–Crippen MR) is 239 cm³/mol. The van der Waals surface area contributed by atoms with Crippen LogP contribution in [0.25, 0.3) is 75.8 Å². The van der Waals surface area contributed by atoms with Gasteiger partial charge in [0.15, 0.2) is 0 Å². The summed E-state index contributed by atoms with van der Waals surface area (Å²) in [5.41, 5.74) is 13.9. The Morgan fingerprint density at radius 2 is 1.25 bits per heavy atom. The molecule has 10 aromatic rings. The lowest BCUT2D eigenvalue weighted by Crippen LogP contribution is -2.30. The smallest absolute Gasteiger partial charge is 0.231 e. The lowest BCUT2D eigenvalue weighted by molar-refractivity contribution is 0.734. The molecule has 5 heteroatoms. The topological polar surface area (TPSA) is 34.0 Å². The van der Waals surface area contributed by atoms with Gasteiger partial charge in [-0.2, -0.15) is 0 Å². The maximum atomic E-state index is 5.44. The van der Waals surface area contributed by atoms with E-state index < -0.39 is 0 Å². The summed E-state index contributed by atoms with van der Waals surface area (Å²) in [4.78, 5) is 13.2. The molecular formula is C52H34N4S. The quantitative estimate of drug-likeness (QED) is 0.176. The average Bonchev–Trinajstić information content (AvgIpc) is 3.94. The number of anilines is 2. The van der Waals surface area contributed by atoms with Crippen LogP contribution in [0.1, 0.15) is 17.0 Å². The maximum Gasteiger partial charge on any atom is 0.231 e. The molecule has 57 heavy (non-hydrogen) atoms. The van der Waals surface area contributed by atoms with Crippen LogP contribution in [0.15, 0.2) is 194 Å². The average molecular weight is 747 g/mol. The van der Waals surface area contributed by atoms with Gasteiger partial charge < -0.3 is 9.47 Å². The van der Waals surface area contributed by atoms with Gasteiger partial charge in [-0.1, -0.05) is 152 Å². The third-order valence-electron chi connectivity index (χ3n) is 11.7. The van der Waals surface area contributed by atoms with Gasteiger partial charge in [-0.25, -0.2) is 9.97 Å². The van der Waals surface area contributed by atoms with Gasteiger partial charge in [0.05, 0.1) is 33.0 Å². The normalized spacial score (nSPS) is 16.1. The van der Waals surface area contributed by atoms with E-state index in [1.807, 2.05) is 0 Å². The Bertz CT molecular complexity index is 3260. The largest absolute Gasteiger partial charge is 0.309 e. The van der Waals surface area contributed by atoms with Gasteiger partial charge in [-0.3, -0.25) is 0 Å². The number of para-hydroxylation sites is 2. The molecule has 12 rings (SSSR count). The summed E-state index contributed by atoms with van der Waals surface area (Å²) in [6, 6.07) is 63.2. The molecule has 7 aromatic carbocycles. The van der Waals surface area contributed by atoms with Gasteiger partial charge >= 0.3 is 0 Å². The number of nitrogens with zero attached hydrogens (tertiary/aromatic N) is 4. The molecule has 0 radical (unpaired) electrons. The predicted octanol–water partition coefficient (Wildman–Crippen LogP) is 13.5. The second-order valence-electron chi connectivity index (χ2n) is 14.9. The molecule has 4 heterocycles. The fraction of sp³-hybridized carbons (Fsp3) is 0.0385. The van der Waals surface area contributed by atoms with E-state index in [1.165, 1.54) is 59.7 Å². The highest BCUT2D eigenvalue weighted by atomic mass is 32.1. The summed E-state index contributed by atoms with van der Waals surface area (Å²) in [6.07, 6.45) is 7.14. The Kier molecular flexibility index (Phi) is 7.19. The molecule has 0 amide bonds. The minimum Gasteiger partial charge on any atom is -0.309 e. The summed E-state index contributed by atoms with van der Waals surface area (Å²) in [7, 11) is 0. The van der Waals surface area contributed by atoms with E-state index in [1.54, 1.807) is 11.3 Å². The number of aromatic nitrogens is 3. The summed E-state index contributed by atoms with van der Waals surface area (Å²) < 4.78 is 4.75. The van der Waals surface area contributed by atoms with Crippen molar-refractivity contribution in [1.82, 2.24) is 14.5 Å². The van der Waals surface area contributed by atoms with E-state index >= 15 is 0 Å². The second kappa shape index (κ2) is 12.7. The third kappa shape index (κ3) is 5.06. The summed E-state index contributed by atoms with van der Waals surface area (Å²) >= 11 is 1.77. The molecule has 3 aromatic heterocycles. The van der Waals surface area contributed by atoms with Crippen molar-refractivity contribution in [2.45, 2.75) is 12.0 Å². The Hall–Kier alpha value is -7.08. The second-order valence-corrected chi connectivity index (χ2v) is 16.0. The van der Waals surface area contributed by atoms with E-state index in [4.69, 9.17) is 9.97 Å². The number of thiophene rings is 1. The van der Waals surface area contributed by atoms with E-state index in [0.29, 0.717) is 0 Å². The number of hydrogen-bond donors (Lipinski definition) is 0. The first-order chi connectivity index (χ1) is 28.3. The zero-order valence-electron chi connectivity index (χ0n) is 30.8. The van der Waals surface area contributed by atoms with Crippen molar-refractivity contribution in [2.75, 3.05) is 4.90 Å². The van der Waals surface area contributed by atoms with Crippen LogP contribution < -0.4 is 4.90 Å². The first-order valence-electron chi connectivity index (χ1n) is 19.5. The maximum absolute atomic E-state index is 5.44. The molecule has 1 aliphatic carbocycles. The Morgan fingerprint density at radius 1 is 0.526 bits per heavy atom. The molecule has 0 N–H and O–H groups in total. The Labute approximate surface area is 334 Å². The van der Waals surface area contributed by atoms with Crippen molar-refractivity contribution in [3.63, 3.8) is 0 Å². The van der Waals surface area contributed by atoms with Gasteiger partial charge in [-0.15, -0.1) is 11.3 Å². The summed E-state index contributed by atoms with van der Waals surface area (Å²) in [5.74, 6) is 0.901. The van der Waals surface area contributed by atoms with Crippen molar-refractivity contribution >= 4 is 70.7 Å². The first-order valence-corrected chi connectivity index (χ1v) is 20.3. The van der Waals surface area contributed by atoms with Crippen molar-refractivity contribution in [1.29, 1.82) is 0 Å². The fourth-order valence-electron chi connectivity index (χ4n) is 9.13. The highest BCUT2D eigenvalue weighted by Crippen LogP contribution is 2.50. The molecule has 0 saturated heterocycles. The molecule has 0 bridgehead atoms. The zero-order chi connectivity index (χ0) is 37.5. The number of rotatable bonds is 5. The van der Waals surface area contributed by atoms with Crippen LogP contribution in [0, 0.1) is 0 Å².